The number of rotatable bonds is 3. The third kappa shape index (κ3) is 3.13. The van der Waals surface area contributed by atoms with E-state index in [9.17, 15) is 40.9 Å². The Balaban J connectivity index is 3.73. The predicted octanol–water partition coefficient (Wildman–Crippen LogP) is 3.11. The molecule has 1 aromatic rings. The van der Waals surface area contributed by atoms with Crippen molar-refractivity contribution in [2.24, 2.45) is 0 Å². The molecule has 0 aliphatic heterocycles. The molecule has 2 nitrogen and oxygen atoms in total. The third-order valence-electron chi connectivity index (χ3n) is 2.95. The van der Waals surface area contributed by atoms with Crippen LogP contribution in [0.4, 0.5) is 30.7 Å². The van der Waals surface area contributed by atoms with Crippen molar-refractivity contribution in [1.29, 1.82) is 0 Å². The van der Waals surface area contributed by atoms with Crippen molar-refractivity contribution in [2.75, 3.05) is 0 Å². The number of aliphatic hydroxyl groups excluding tert-OH is 2. The molecule has 9 heteroatoms. The van der Waals surface area contributed by atoms with Gasteiger partial charge in [-0.1, -0.05) is 0 Å². The predicted molar refractivity (Wildman–Crippen MR) is 57.4 cm³/mol. The van der Waals surface area contributed by atoms with Crippen LogP contribution in [0.3, 0.4) is 0 Å². The number of hydrogen-bond acceptors (Lipinski definition) is 2. The normalized spacial score (nSPS) is 16.7. The second-order valence-electron chi connectivity index (χ2n) is 4.55. The molecule has 0 spiro atoms. The van der Waals surface area contributed by atoms with Gasteiger partial charge in [0.05, 0.1) is 12.2 Å². The van der Waals surface area contributed by atoms with Crippen LogP contribution in [0.5, 0.6) is 0 Å². The van der Waals surface area contributed by atoms with E-state index in [1.54, 1.807) is 0 Å². The molecule has 0 saturated heterocycles. The minimum atomic E-state index is -5.64. The van der Waals surface area contributed by atoms with Gasteiger partial charge in [-0.25, -0.2) is 17.6 Å². The summed E-state index contributed by atoms with van der Waals surface area (Å²) in [6, 6.07) is 0. The van der Waals surface area contributed by atoms with E-state index in [1.807, 2.05) is 0 Å². The van der Waals surface area contributed by atoms with Crippen LogP contribution in [0.2, 0.25) is 0 Å². The Labute approximate surface area is 114 Å². The molecule has 0 fully saturated rings. The average molecular weight is 320 g/mol. The van der Waals surface area contributed by atoms with E-state index in [2.05, 4.69) is 0 Å². The van der Waals surface area contributed by atoms with Gasteiger partial charge in [0.1, 0.15) is 5.56 Å². The van der Waals surface area contributed by atoms with Gasteiger partial charge in [-0.15, -0.1) is 0 Å². The van der Waals surface area contributed by atoms with Crippen molar-refractivity contribution in [2.45, 2.75) is 38.1 Å². The molecule has 0 saturated carbocycles. The molecule has 2 N–H and O–H groups in total. The highest BCUT2D eigenvalue weighted by molar-refractivity contribution is 5.35. The number of hydrogen-bond donors (Lipinski definition) is 2. The topological polar surface area (TPSA) is 40.5 Å². The van der Waals surface area contributed by atoms with E-state index in [1.165, 1.54) is 0 Å². The molecule has 0 bridgehead atoms. The fourth-order valence-corrected chi connectivity index (χ4v) is 2.08. The van der Waals surface area contributed by atoms with Crippen molar-refractivity contribution in [3.63, 3.8) is 0 Å². The van der Waals surface area contributed by atoms with E-state index in [4.69, 9.17) is 0 Å². The smallest absolute Gasteiger partial charge is 0.393 e. The van der Waals surface area contributed by atoms with Crippen LogP contribution in [0, 0.1) is 23.3 Å². The highest BCUT2D eigenvalue weighted by Crippen LogP contribution is 2.39. The molecule has 0 aliphatic rings. The number of benzene rings is 1. The molecule has 21 heavy (non-hydrogen) atoms. The first-order valence-corrected chi connectivity index (χ1v) is 5.70. The van der Waals surface area contributed by atoms with Gasteiger partial charge in [0.2, 0.25) is 0 Å². The summed E-state index contributed by atoms with van der Waals surface area (Å²) in [4.78, 5) is 0. The maximum Gasteiger partial charge on any atom is 0.422 e. The first kappa shape index (κ1) is 17.7. The summed E-state index contributed by atoms with van der Waals surface area (Å²) in [5, 5.41) is 18.7. The standard InChI is InChI=1S/C12H11F7O2/c1-3(20)5(4(2)21)6-8(13)10(15)7(12(17,18)19)11(16)9(6)14/h3-5,20-21H,1-2H3. The quantitative estimate of drug-likeness (QED) is 0.664. The fourth-order valence-electron chi connectivity index (χ4n) is 2.08. The fraction of sp³-hybridized carbons (Fsp3) is 0.500. The summed E-state index contributed by atoms with van der Waals surface area (Å²) in [7, 11) is 0. The van der Waals surface area contributed by atoms with Gasteiger partial charge in [-0.05, 0) is 13.8 Å². The monoisotopic (exact) mass is 320 g/mol. The highest BCUT2D eigenvalue weighted by atomic mass is 19.4. The molecule has 0 aliphatic carbocycles. The van der Waals surface area contributed by atoms with E-state index in [0.717, 1.165) is 13.8 Å². The lowest BCUT2D eigenvalue weighted by Crippen LogP contribution is -2.29. The van der Waals surface area contributed by atoms with Crippen molar-refractivity contribution >= 4 is 0 Å². The Morgan fingerprint density at radius 2 is 1.10 bits per heavy atom. The molecular weight excluding hydrogens is 309 g/mol. The first-order valence-electron chi connectivity index (χ1n) is 5.70. The molecule has 0 amide bonds. The van der Waals surface area contributed by atoms with E-state index < -0.39 is 58.7 Å². The van der Waals surface area contributed by atoms with Crippen LogP contribution < -0.4 is 0 Å². The molecule has 1 aromatic carbocycles. The molecule has 2 atom stereocenters. The van der Waals surface area contributed by atoms with Crippen molar-refractivity contribution in [1.82, 2.24) is 0 Å². The largest absolute Gasteiger partial charge is 0.422 e. The van der Waals surface area contributed by atoms with Gasteiger partial charge in [-0.2, -0.15) is 13.2 Å². The Hall–Kier alpha value is -1.35. The summed E-state index contributed by atoms with van der Waals surface area (Å²) < 4.78 is 91.5. The second kappa shape index (κ2) is 5.80. The number of aliphatic hydroxyl groups is 2. The minimum Gasteiger partial charge on any atom is -0.393 e. The zero-order valence-corrected chi connectivity index (χ0v) is 10.8. The zero-order chi connectivity index (χ0) is 16.7. The zero-order valence-electron chi connectivity index (χ0n) is 10.8. The summed E-state index contributed by atoms with van der Waals surface area (Å²) >= 11 is 0. The maximum absolute atomic E-state index is 13.7. The van der Waals surface area contributed by atoms with Gasteiger partial charge in [0, 0.05) is 11.5 Å². The van der Waals surface area contributed by atoms with Crippen molar-refractivity contribution in [3.05, 3.63) is 34.4 Å². The lowest BCUT2D eigenvalue weighted by molar-refractivity contribution is -0.143. The Kier molecular flexibility index (Phi) is 4.89. The molecule has 0 radical (unpaired) electrons. The SMILES string of the molecule is CC(O)C(c1c(F)c(F)c(C(F)(F)F)c(F)c1F)C(C)O. The second-order valence-corrected chi connectivity index (χ2v) is 4.55. The third-order valence-corrected chi connectivity index (χ3v) is 2.95. The number of alkyl halides is 3. The lowest BCUT2D eigenvalue weighted by Gasteiger charge is -2.25. The van der Waals surface area contributed by atoms with Gasteiger partial charge in [0.25, 0.3) is 0 Å². The number of halogens is 7. The molecule has 120 valence electrons. The maximum atomic E-state index is 13.7. The molecule has 0 heterocycles. The molecule has 1 rings (SSSR count). The summed E-state index contributed by atoms with van der Waals surface area (Å²) in [5.74, 6) is -11.7. The Morgan fingerprint density at radius 1 is 0.762 bits per heavy atom. The van der Waals surface area contributed by atoms with Crippen LogP contribution in [0.15, 0.2) is 0 Å². The van der Waals surface area contributed by atoms with E-state index in [-0.39, 0.29) is 0 Å². The summed E-state index contributed by atoms with van der Waals surface area (Å²) in [6.45, 7) is 1.92. The molecule has 2 unspecified atom stereocenters. The van der Waals surface area contributed by atoms with Gasteiger partial charge >= 0.3 is 6.18 Å². The van der Waals surface area contributed by atoms with Crippen LogP contribution in [0.1, 0.15) is 30.9 Å². The summed E-state index contributed by atoms with van der Waals surface area (Å²) in [6.07, 6.45) is -8.96. The van der Waals surface area contributed by atoms with Crippen LogP contribution in [0.25, 0.3) is 0 Å². The average Bonchev–Trinajstić information content (AvgIpc) is 2.29. The van der Waals surface area contributed by atoms with E-state index in [0.29, 0.717) is 0 Å². The lowest BCUT2D eigenvalue weighted by atomic mass is 9.87. The molecular formula is C12H11F7O2. The Morgan fingerprint density at radius 3 is 1.33 bits per heavy atom. The van der Waals surface area contributed by atoms with E-state index >= 15 is 0 Å². The molecule has 0 aromatic heterocycles. The van der Waals surface area contributed by atoms with Crippen LogP contribution >= 0.6 is 0 Å². The Bertz CT molecular complexity index is 500. The van der Waals surface area contributed by atoms with Crippen molar-refractivity contribution < 1.29 is 40.9 Å². The minimum absolute atomic E-state index is 0.962. The first-order chi connectivity index (χ1) is 9.41. The van der Waals surface area contributed by atoms with Crippen LogP contribution in [-0.2, 0) is 6.18 Å². The van der Waals surface area contributed by atoms with Crippen LogP contribution in [-0.4, -0.2) is 22.4 Å². The van der Waals surface area contributed by atoms with Gasteiger partial charge in [-0.3, -0.25) is 0 Å². The highest BCUT2D eigenvalue weighted by Gasteiger charge is 2.44. The van der Waals surface area contributed by atoms with Crippen molar-refractivity contribution in [3.8, 4) is 0 Å². The van der Waals surface area contributed by atoms with Gasteiger partial charge < -0.3 is 10.2 Å². The summed E-state index contributed by atoms with van der Waals surface area (Å²) in [5.41, 5.74) is -4.17. The van der Waals surface area contributed by atoms with Gasteiger partial charge in [0.15, 0.2) is 23.3 Å².